The highest BCUT2D eigenvalue weighted by Crippen LogP contribution is 2.40. The molecule has 3 rings (SSSR count). The van der Waals surface area contributed by atoms with Crippen LogP contribution in [0.1, 0.15) is 17.3 Å². The Labute approximate surface area is 173 Å². The smallest absolute Gasteiger partial charge is 0.342 e. The number of esters is 1. The third-order valence-electron chi connectivity index (χ3n) is 4.39. The molecule has 160 valence electrons. The Bertz CT molecular complexity index is 943. The van der Waals surface area contributed by atoms with Crippen LogP contribution >= 0.6 is 0 Å². The lowest BCUT2D eigenvalue weighted by Gasteiger charge is -2.20. The van der Waals surface area contributed by atoms with Gasteiger partial charge < -0.3 is 33.7 Å². The standard InChI is InChI=1S/C21H23NO8/c1-12(20(23)22-13-5-7-15-17(11-13)29-10-9-28-15)30-21(24)14-6-8-16(25-2)19(27-4)18(14)26-3/h5-8,11-12H,9-10H2,1-4H3,(H,22,23). The van der Waals surface area contributed by atoms with Crippen LogP contribution in [0.4, 0.5) is 5.69 Å². The maximum atomic E-state index is 12.6. The van der Waals surface area contributed by atoms with Crippen molar-refractivity contribution in [1.82, 2.24) is 0 Å². The van der Waals surface area contributed by atoms with E-state index in [1.807, 2.05) is 0 Å². The van der Waals surface area contributed by atoms with Crippen molar-refractivity contribution in [2.75, 3.05) is 39.9 Å². The summed E-state index contributed by atoms with van der Waals surface area (Å²) in [5.74, 6) is 0.717. The Morgan fingerprint density at radius 1 is 0.933 bits per heavy atom. The highest BCUT2D eigenvalue weighted by atomic mass is 16.6. The number of anilines is 1. The summed E-state index contributed by atoms with van der Waals surface area (Å²) >= 11 is 0. The van der Waals surface area contributed by atoms with Crippen molar-refractivity contribution in [3.05, 3.63) is 35.9 Å². The number of ether oxygens (including phenoxy) is 6. The molecule has 0 fully saturated rings. The molecular weight excluding hydrogens is 394 g/mol. The number of amides is 1. The van der Waals surface area contributed by atoms with Gasteiger partial charge in [-0.15, -0.1) is 0 Å². The molecule has 1 aliphatic rings. The molecule has 2 aromatic carbocycles. The average Bonchev–Trinajstić information content (AvgIpc) is 2.77. The first-order valence-electron chi connectivity index (χ1n) is 9.19. The van der Waals surface area contributed by atoms with E-state index in [1.165, 1.54) is 34.3 Å². The summed E-state index contributed by atoms with van der Waals surface area (Å²) in [7, 11) is 4.30. The predicted octanol–water partition coefficient (Wildman–Crippen LogP) is 2.67. The molecule has 1 unspecified atom stereocenters. The molecule has 30 heavy (non-hydrogen) atoms. The highest BCUT2D eigenvalue weighted by molar-refractivity contribution is 5.99. The Balaban J connectivity index is 1.70. The summed E-state index contributed by atoms with van der Waals surface area (Å²) in [5.41, 5.74) is 0.602. The van der Waals surface area contributed by atoms with E-state index >= 15 is 0 Å². The van der Waals surface area contributed by atoms with Gasteiger partial charge in [-0.05, 0) is 31.2 Å². The quantitative estimate of drug-likeness (QED) is 0.686. The molecule has 0 radical (unpaired) electrons. The van der Waals surface area contributed by atoms with Crippen LogP contribution in [-0.4, -0.2) is 52.5 Å². The number of carbonyl (C=O) groups excluding carboxylic acids is 2. The van der Waals surface area contributed by atoms with Gasteiger partial charge in [-0.1, -0.05) is 0 Å². The summed E-state index contributed by atoms with van der Waals surface area (Å²) in [5, 5.41) is 2.69. The second-order valence-electron chi connectivity index (χ2n) is 6.28. The molecule has 0 aliphatic carbocycles. The molecule has 1 aliphatic heterocycles. The van der Waals surface area contributed by atoms with Crippen molar-refractivity contribution < 1.29 is 38.0 Å². The van der Waals surface area contributed by atoms with Crippen molar-refractivity contribution in [2.24, 2.45) is 0 Å². The maximum Gasteiger partial charge on any atom is 0.342 e. The molecule has 0 spiro atoms. The summed E-state index contributed by atoms with van der Waals surface area (Å²) < 4.78 is 32.0. The lowest BCUT2D eigenvalue weighted by Crippen LogP contribution is -2.30. The number of rotatable bonds is 7. The zero-order valence-electron chi connectivity index (χ0n) is 17.1. The third kappa shape index (κ3) is 4.35. The van der Waals surface area contributed by atoms with E-state index < -0.39 is 18.0 Å². The number of carbonyl (C=O) groups is 2. The van der Waals surface area contributed by atoms with Crippen molar-refractivity contribution in [1.29, 1.82) is 0 Å². The van der Waals surface area contributed by atoms with Crippen LogP contribution in [0.3, 0.4) is 0 Å². The van der Waals surface area contributed by atoms with Crippen LogP contribution in [0.2, 0.25) is 0 Å². The van der Waals surface area contributed by atoms with Crippen molar-refractivity contribution in [3.63, 3.8) is 0 Å². The second kappa shape index (κ2) is 9.25. The lowest BCUT2D eigenvalue weighted by molar-refractivity contribution is -0.123. The molecule has 0 saturated heterocycles. The minimum absolute atomic E-state index is 0.106. The summed E-state index contributed by atoms with van der Waals surface area (Å²) in [6, 6.07) is 8.07. The second-order valence-corrected chi connectivity index (χ2v) is 6.28. The topological polar surface area (TPSA) is 102 Å². The van der Waals surface area contributed by atoms with Crippen LogP contribution in [0.15, 0.2) is 30.3 Å². The zero-order chi connectivity index (χ0) is 21.7. The predicted molar refractivity (Wildman–Crippen MR) is 107 cm³/mol. The van der Waals surface area contributed by atoms with Gasteiger partial charge in [0.05, 0.1) is 21.3 Å². The number of benzene rings is 2. The first-order valence-corrected chi connectivity index (χ1v) is 9.19. The lowest BCUT2D eigenvalue weighted by atomic mass is 10.1. The molecule has 9 nitrogen and oxygen atoms in total. The monoisotopic (exact) mass is 417 g/mol. The minimum atomic E-state index is -1.07. The Hall–Kier alpha value is -3.62. The van der Waals surface area contributed by atoms with Crippen LogP contribution in [0.25, 0.3) is 0 Å². The van der Waals surface area contributed by atoms with Crippen LogP contribution in [-0.2, 0) is 9.53 Å². The molecule has 1 N–H and O–H groups in total. The summed E-state index contributed by atoms with van der Waals surface area (Å²) in [6.07, 6.45) is -1.07. The van der Waals surface area contributed by atoms with E-state index in [2.05, 4.69) is 5.32 Å². The molecule has 9 heteroatoms. The number of fused-ring (bicyclic) bond motifs is 1. The van der Waals surface area contributed by atoms with E-state index in [4.69, 9.17) is 28.4 Å². The van der Waals surface area contributed by atoms with Gasteiger partial charge in [0.25, 0.3) is 5.91 Å². The fraction of sp³-hybridized carbons (Fsp3) is 0.333. The fourth-order valence-corrected chi connectivity index (χ4v) is 2.90. The first kappa shape index (κ1) is 21.1. The number of hydrogen-bond donors (Lipinski definition) is 1. The first-order chi connectivity index (χ1) is 14.5. The number of methoxy groups -OCH3 is 3. The summed E-state index contributed by atoms with van der Waals surface area (Å²) in [6.45, 7) is 2.38. The largest absolute Gasteiger partial charge is 0.493 e. The highest BCUT2D eigenvalue weighted by Gasteiger charge is 2.25. The SMILES string of the molecule is COc1ccc(C(=O)OC(C)C(=O)Nc2ccc3c(c2)OCCO3)c(OC)c1OC. The van der Waals surface area contributed by atoms with Crippen LogP contribution in [0.5, 0.6) is 28.7 Å². The van der Waals surface area contributed by atoms with Crippen LogP contribution < -0.4 is 29.0 Å². The van der Waals surface area contributed by atoms with E-state index in [-0.39, 0.29) is 17.1 Å². The minimum Gasteiger partial charge on any atom is -0.493 e. The Kier molecular flexibility index (Phi) is 6.51. The van der Waals surface area contributed by atoms with Gasteiger partial charge >= 0.3 is 5.97 Å². The molecule has 0 bridgehead atoms. The molecule has 1 atom stereocenters. The van der Waals surface area contributed by atoms with Gasteiger partial charge in [-0.25, -0.2) is 4.79 Å². The average molecular weight is 417 g/mol. The summed E-state index contributed by atoms with van der Waals surface area (Å²) in [4.78, 5) is 25.1. The van der Waals surface area contributed by atoms with E-state index in [1.54, 1.807) is 24.3 Å². The number of nitrogens with one attached hydrogen (secondary N) is 1. The Morgan fingerprint density at radius 2 is 1.63 bits per heavy atom. The van der Waals surface area contributed by atoms with Gasteiger partial charge in [0.15, 0.2) is 29.1 Å². The van der Waals surface area contributed by atoms with Gasteiger partial charge in [-0.3, -0.25) is 4.79 Å². The molecule has 2 aromatic rings. The van der Waals surface area contributed by atoms with Crippen molar-refractivity contribution in [2.45, 2.75) is 13.0 Å². The Morgan fingerprint density at radius 3 is 2.30 bits per heavy atom. The zero-order valence-corrected chi connectivity index (χ0v) is 17.1. The van der Waals surface area contributed by atoms with E-state index in [0.717, 1.165) is 0 Å². The van der Waals surface area contributed by atoms with Crippen LogP contribution in [0, 0.1) is 0 Å². The molecular formula is C21H23NO8. The molecule has 0 aromatic heterocycles. The normalized spacial score (nSPS) is 13.1. The maximum absolute atomic E-state index is 12.6. The molecule has 0 saturated carbocycles. The van der Waals surface area contributed by atoms with Gasteiger partial charge in [-0.2, -0.15) is 0 Å². The molecule has 1 amide bonds. The van der Waals surface area contributed by atoms with E-state index in [0.29, 0.717) is 36.1 Å². The van der Waals surface area contributed by atoms with E-state index in [9.17, 15) is 9.59 Å². The van der Waals surface area contributed by atoms with Crippen molar-refractivity contribution >= 4 is 17.6 Å². The molecule has 1 heterocycles. The van der Waals surface area contributed by atoms with Gasteiger partial charge in [0, 0.05) is 11.8 Å². The number of hydrogen-bond acceptors (Lipinski definition) is 8. The van der Waals surface area contributed by atoms with Gasteiger partial charge in [0.2, 0.25) is 5.75 Å². The third-order valence-corrected chi connectivity index (χ3v) is 4.39. The van der Waals surface area contributed by atoms with Crippen molar-refractivity contribution in [3.8, 4) is 28.7 Å². The fourth-order valence-electron chi connectivity index (χ4n) is 2.90. The van der Waals surface area contributed by atoms with Gasteiger partial charge in [0.1, 0.15) is 18.8 Å².